The zero-order valence-electron chi connectivity index (χ0n) is 12.7. The van der Waals surface area contributed by atoms with Crippen LogP contribution in [-0.2, 0) is 0 Å². The average Bonchev–Trinajstić information content (AvgIpc) is 3.16. The van der Waals surface area contributed by atoms with E-state index in [1.807, 2.05) is 7.05 Å². The molecule has 108 valence electrons. The molecule has 3 nitrogen and oxygen atoms in total. The maximum Gasteiger partial charge on any atom is 0.0610 e. The van der Waals surface area contributed by atoms with Gasteiger partial charge in [0.15, 0.2) is 0 Å². The second-order valence-electron chi connectivity index (χ2n) is 6.46. The van der Waals surface area contributed by atoms with Crippen LogP contribution in [0.5, 0.6) is 0 Å². The summed E-state index contributed by atoms with van der Waals surface area (Å²) in [5.74, 6) is 0.979. The SMILES string of the molecule is CNC(C)(CO)CCCCN(CC1CC1)C(C)C. The van der Waals surface area contributed by atoms with Crippen LogP contribution in [0.25, 0.3) is 0 Å². The third kappa shape index (κ3) is 5.68. The van der Waals surface area contributed by atoms with E-state index in [4.69, 9.17) is 0 Å². The molecule has 0 bridgehead atoms. The van der Waals surface area contributed by atoms with E-state index in [0.29, 0.717) is 6.04 Å². The molecule has 0 spiro atoms. The van der Waals surface area contributed by atoms with Gasteiger partial charge < -0.3 is 15.3 Å². The lowest BCUT2D eigenvalue weighted by Gasteiger charge is -2.29. The number of hydrogen-bond donors (Lipinski definition) is 2. The Morgan fingerprint density at radius 2 is 2.00 bits per heavy atom. The lowest BCUT2D eigenvalue weighted by Crippen LogP contribution is -2.43. The minimum atomic E-state index is -0.0981. The number of unbranched alkanes of at least 4 members (excludes halogenated alkanes) is 1. The Kier molecular flexibility index (Phi) is 6.61. The molecular weight excluding hydrogens is 224 g/mol. The lowest BCUT2D eigenvalue weighted by molar-refractivity contribution is 0.164. The average molecular weight is 256 g/mol. The number of nitrogens with one attached hydrogen (secondary N) is 1. The molecule has 0 amide bonds. The minimum absolute atomic E-state index is 0.0981. The zero-order chi connectivity index (χ0) is 13.6. The van der Waals surface area contributed by atoms with Crippen molar-refractivity contribution in [2.45, 2.75) is 64.5 Å². The Balaban J connectivity index is 2.17. The van der Waals surface area contributed by atoms with Crippen LogP contribution in [0.1, 0.15) is 52.9 Å². The van der Waals surface area contributed by atoms with Gasteiger partial charge in [-0.1, -0.05) is 6.42 Å². The summed E-state index contributed by atoms with van der Waals surface area (Å²) in [6.07, 6.45) is 6.35. The summed E-state index contributed by atoms with van der Waals surface area (Å²) in [5, 5.41) is 12.6. The van der Waals surface area contributed by atoms with Crippen LogP contribution in [0.15, 0.2) is 0 Å². The highest BCUT2D eigenvalue weighted by Crippen LogP contribution is 2.30. The van der Waals surface area contributed by atoms with Crippen molar-refractivity contribution >= 4 is 0 Å². The molecule has 1 unspecified atom stereocenters. The third-order valence-electron chi connectivity index (χ3n) is 4.30. The first-order valence-electron chi connectivity index (χ1n) is 7.54. The summed E-state index contributed by atoms with van der Waals surface area (Å²) in [6, 6.07) is 0.666. The zero-order valence-corrected chi connectivity index (χ0v) is 12.7. The normalized spacial score (nSPS) is 19.5. The number of aliphatic hydroxyl groups excluding tert-OH is 1. The van der Waals surface area contributed by atoms with E-state index in [0.717, 1.165) is 12.3 Å². The summed E-state index contributed by atoms with van der Waals surface area (Å²) in [6.45, 7) is 9.42. The first-order valence-corrected chi connectivity index (χ1v) is 7.54. The van der Waals surface area contributed by atoms with Crippen LogP contribution < -0.4 is 5.32 Å². The van der Waals surface area contributed by atoms with E-state index < -0.39 is 0 Å². The minimum Gasteiger partial charge on any atom is -0.394 e. The monoisotopic (exact) mass is 256 g/mol. The van der Waals surface area contributed by atoms with Gasteiger partial charge in [-0.2, -0.15) is 0 Å². The van der Waals surface area contributed by atoms with E-state index in [1.54, 1.807) is 0 Å². The van der Waals surface area contributed by atoms with Crippen molar-refractivity contribution in [2.24, 2.45) is 5.92 Å². The quantitative estimate of drug-likeness (QED) is 0.589. The van der Waals surface area contributed by atoms with Crippen molar-refractivity contribution in [1.29, 1.82) is 0 Å². The van der Waals surface area contributed by atoms with Gasteiger partial charge in [-0.05, 0) is 66.0 Å². The second kappa shape index (κ2) is 7.46. The second-order valence-corrected chi connectivity index (χ2v) is 6.46. The van der Waals surface area contributed by atoms with E-state index in [2.05, 4.69) is 31.0 Å². The Morgan fingerprint density at radius 3 is 2.44 bits per heavy atom. The summed E-state index contributed by atoms with van der Waals surface area (Å²) in [4.78, 5) is 2.62. The van der Waals surface area contributed by atoms with Gasteiger partial charge in [0.2, 0.25) is 0 Å². The summed E-state index contributed by atoms with van der Waals surface area (Å²) < 4.78 is 0. The van der Waals surface area contributed by atoms with Crippen LogP contribution in [-0.4, -0.2) is 48.3 Å². The van der Waals surface area contributed by atoms with Crippen LogP contribution in [0.4, 0.5) is 0 Å². The van der Waals surface area contributed by atoms with Crippen molar-refractivity contribution in [3.63, 3.8) is 0 Å². The maximum absolute atomic E-state index is 9.34. The van der Waals surface area contributed by atoms with Crippen LogP contribution in [0, 0.1) is 5.92 Å². The van der Waals surface area contributed by atoms with Gasteiger partial charge in [0.1, 0.15) is 0 Å². The Hall–Kier alpha value is -0.120. The highest BCUT2D eigenvalue weighted by atomic mass is 16.3. The molecule has 0 aliphatic heterocycles. The molecule has 0 aromatic carbocycles. The van der Waals surface area contributed by atoms with E-state index in [1.165, 1.54) is 38.8 Å². The molecule has 3 heteroatoms. The molecule has 2 N–H and O–H groups in total. The van der Waals surface area contributed by atoms with E-state index in [-0.39, 0.29) is 12.1 Å². The summed E-state index contributed by atoms with van der Waals surface area (Å²) in [5.41, 5.74) is -0.0981. The fourth-order valence-corrected chi connectivity index (χ4v) is 2.31. The van der Waals surface area contributed by atoms with Crippen molar-refractivity contribution in [3.05, 3.63) is 0 Å². The van der Waals surface area contributed by atoms with Crippen LogP contribution in [0.2, 0.25) is 0 Å². The van der Waals surface area contributed by atoms with Crippen LogP contribution >= 0.6 is 0 Å². The molecule has 1 fully saturated rings. The molecule has 1 atom stereocenters. The summed E-state index contributed by atoms with van der Waals surface area (Å²) >= 11 is 0. The Labute approximate surface area is 113 Å². The Bertz CT molecular complexity index is 223. The predicted molar refractivity (Wildman–Crippen MR) is 77.8 cm³/mol. The molecule has 0 heterocycles. The van der Waals surface area contributed by atoms with Crippen molar-refractivity contribution in [3.8, 4) is 0 Å². The van der Waals surface area contributed by atoms with Gasteiger partial charge in [0, 0.05) is 18.1 Å². The predicted octanol–water partition coefficient (Wildman–Crippen LogP) is 2.25. The number of likely N-dealkylation sites (N-methyl/N-ethyl adjacent to an activating group) is 1. The number of nitrogens with zero attached hydrogens (tertiary/aromatic N) is 1. The first-order chi connectivity index (χ1) is 8.50. The molecule has 1 rings (SSSR count). The summed E-state index contributed by atoms with van der Waals surface area (Å²) in [7, 11) is 1.93. The molecule has 1 saturated carbocycles. The molecule has 0 aromatic rings. The highest BCUT2D eigenvalue weighted by molar-refractivity contribution is 4.81. The van der Waals surface area contributed by atoms with Gasteiger partial charge in [0.25, 0.3) is 0 Å². The van der Waals surface area contributed by atoms with Crippen molar-refractivity contribution in [1.82, 2.24) is 10.2 Å². The van der Waals surface area contributed by atoms with Crippen molar-refractivity contribution in [2.75, 3.05) is 26.7 Å². The molecule has 18 heavy (non-hydrogen) atoms. The fourth-order valence-electron chi connectivity index (χ4n) is 2.31. The molecule has 0 saturated heterocycles. The fraction of sp³-hybridized carbons (Fsp3) is 1.00. The smallest absolute Gasteiger partial charge is 0.0610 e. The number of aliphatic hydroxyl groups is 1. The largest absolute Gasteiger partial charge is 0.394 e. The standard InChI is InChI=1S/C15H32N2O/c1-13(2)17(11-14-7-8-14)10-6-5-9-15(3,12-18)16-4/h13-14,16,18H,5-12H2,1-4H3. The number of rotatable bonds is 10. The topological polar surface area (TPSA) is 35.5 Å². The van der Waals surface area contributed by atoms with Crippen molar-refractivity contribution < 1.29 is 5.11 Å². The lowest BCUT2D eigenvalue weighted by atomic mass is 9.96. The van der Waals surface area contributed by atoms with Crippen LogP contribution in [0.3, 0.4) is 0 Å². The first kappa shape index (κ1) is 15.9. The molecule has 1 aliphatic carbocycles. The van der Waals surface area contributed by atoms with E-state index in [9.17, 15) is 5.11 Å². The number of hydrogen-bond acceptors (Lipinski definition) is 3. The van der Waals surface area contributed by atoms with Gasteiger partial charge in [0.05, 0.1) is 6.61 Å². The maximum atomic E-state index is 9.34. The Morgan fingerprint density at radius 1 is 1.33 bits per heavy atom. The third-order valence-corrected chi connectivity index (χ3v) is 4.30. The van der Waals surface area contributed by atoms with Gasteiger partial charge in [-0.15, -0.1) is 0 Å². The highest BCUT2D eigenvalue weighted by Gasteiger charge is 2.25. The molecule has 1 aliphatic rings. The van der Waals surface area contributed by atoms with Gasteiger partial charge >= 0.3 is 0 Å². The van der Waals surface area contributed by atoms with Gasteiger partial charge in [-0.25, -0.2) is 0 Å². The molecular formula is C15H32N2O. The molecule has 0 aromatic heterocycles. The van der Waals surface area contributed by atoms with E-state index >= 15 is 0 Å². The van der Waals surface area contributed by atoms with Gasteiger partial charge in [-0.3, -0.25) is 0 Å². The molecule has 0 radical (unpaired) electrons.